The summed E-state index contributed by atoms with van der Waals surface area (Å²) in [5.41, 5.74) is 0.347. The van der Waals surface area contributed by atoms with E-state index in [-0.39, 0.29) is 6.10 Å². The van der Waals surface area contributed by atoms with Gasteiger partial charge in [0, 0.05) is 17.0 Å². The monoisotopic (exact) mass is 263 g/mol. The molecule has 4 aliphatic rings. The highest BCUT2D eigenvalue weighted by Gasteiger charge is 2.54. The van der Waals surface area contributed by atoms with E-state index in [1.807, 2.05) is 11.3 Å². The van der Waals surface area contributed by atoms with Gasteiger partial charge in [0.1, 0.15) is 0 Å². The van der Waals surface area contributed by atoms with Crippen LogP contribution in [0.2, 0.25) is 0 Å². The highest BCUT2D eigenvalue weighted by atomic mass is 32.1. The number of rotatable bonds is 3. The maximum absolute atomic E-state index is 10.3. The van der Waals surface area contributed by atoms with Crippen LogP contribution in [-0.2, 0) is 6.54 Å². The number of hydrogen-bond donors (Lipinski definition) is 2. The Morgan fingerprint density at radius 1 is 1.28 bits per heavy atom. The van der Waals surface area contributed by atoms with E-state index in [1.54, 1.807) is 0 Å². The van der Waals surface area contributed by atoms with Gasteiger partial charge >= 0.3 is 0 Å². The second kappa shape index (κ2) is 4.06. The van der Waals surface area contributed by atoms with Crippen molar-refractivity contribution in [3.05, 3.63) is 22.4 Å². The molecule has 5 rings (SSSR count). The quantitative estimate of drug-likeness (QED) is 0.879. The summed E-state index contributed by atoms with van der Waals surface area (Å²) in [6.45, 7) is 1.01. The molecule has 3 heteroatoms. The molecule has 2 atom stereocenters. The molecule has 1 aromatic heterocycles. The molecule has 2 unspecified atom stereocenters. The maximum Gasteiger partial charge on any atom is 0.0598 e. The largest absolute Gasteiger partial charge is 0.393 e. The summed E-state index contributed by atoms with van der Waals surface area (Å²) in [5.74, 6) is 2.03. The van der Waals surface area contributed by atoms with Crippen molar-refractivity contribution in [2.75, 3.05) is 0 Å². The third-order valence-corrected chi connectivity index (χ3v) is 6.32. The number of aliphatic hydroxyl groups is 1. The van der Waals surface area contributed by atoms with Crippen LogP contribution in [0.3, 0.4) is 0 Å². The zero-order chi connectivity index (χ0) is 12.2. The van der Waals surface area contributed by atoms with Crippen molar-refractivity contribution >= 4 is 11.3 Å². The summed E-state index contributed by atoms with van der Waals surface area (Å²) < 4.78 is 0. The first-order valence-electron chi connectivity index (χ1n) is 7.20. The Balaban J connectivity index is 1.50. The van der Waals surface area contributed by atoms with Gasteiger partial charge in [-0.25, -0.2) is 0 Å². The van der Waals surface area contributed by atoms with Crippen molar-refractivity contribution in [3.8, 4) is 0 Å². The number of aliphatic hydroxyl groups excluding tert-OH is 1. The predicted molar refractivity (Wildman–Crippen MR) is 73.5 cm³/mol. The van der Waals surface area contributed by atoms with Crippen molar-refractivity contribution in [2.24, 2.45) is 17.8 Å². The zero-order valence-electron chi connectivity index (χ0n) is 10.6. The first kappa shape index (κ1) is 11.4. The minimum atomic E-state index is -0.00165. The summed E-state index contributed by atoms with van der Waals surface area (Å²) in [5, 5.41) is 16.3. The minimum Gasteiger partial charge on any atom is -0.393 e. The molecule has 18 heavy (non-hydrogen) atoms. The Morgan fingerprint density at radius 2 is 2.06 bits per heavy atom. The van der Waals surface area contributed by atoms with Gasteiger partial charge in [0.25, 0.3) is 0 Å². The van der Waals surface area contributed by atoms with E-state index in [2.05, 4.69) is 22.8 Å². The van der Waals surface area contributed by atoms with Crippen LogP contribution in [0.1, 0.15) is 37.0 Å². The molecular formula is C15H21NOS. The van der Waals surface area contributed by atoms with Crippen molar-refractivity contribution < 1.29 is 5.11 Å². The highest BCUT2D eigenvalue weighted by Crippen LogP contribution is 2.55. The minimum absolute atomic E-state index is 0.00165. The first-order valence-corrected chi connectivity index (χ1v) is 8.08. The molecule has 4 bridgehead atoms. The van der Waals surface area contributed by atoms with E-state index < -0.39 is 0 Å². The van der Waals surface area contributed by atoms with Gasteiger partial charge in [-0.2, -0.15) is 0 Å². The van der Waals surface area contributed by atoms with Gasteiger partial charge in [0.05, 0.1) is 6.10 Å². The van der Waals surface area contributed by atoms with Gasteiger partial charge in [0.15, 0.2) is 0 Å². The number of hydrogen-bond acceptors (Lipinski definition) is 3. The normalized spacial score (nSPS) is 45.6. The summed E-state index contributed by atoms with van der Waals surface area (Å²) in [7, 11) is 0. The lowest BCUT2D eigenvalue weighted by atomic mass is 9.52. The lowest BCUT2D eigenvalue weighted by Gasteiger charge is -2.59. The van der Waals surface area contributed by atoms with E-state index in [4.69, 9.17) is 0 Å². The fourth-order valence-corrected chi connectivity index (χ4v) is 5.55. The van der Waals surface area contributed by atoms with Crippen LogP contribution in [0.5, 0.6) is 0 Å². The summed E-state index contributed by atoms with van der Waals surface area (Å²) >= 11 is 1.84. The highest BCUT2D eigenvalue weighted by molar-refractivity contribution is 7.09. The molecule has 4 fully saturated rings. The predicted octanol–water partition coefficient (Wildman–Crippen LogP) is 2.78. The van der Waals surface area contributed by atoms with Crippen LogP contribution in [0.15, 0.2) is 17.5 Å². The molecule has 0 radical (unpaired) electrons. The molecule has 0 aliphatic heterocycles. The Labute approximate surface area is 112 Å². The smallest absolute Gasteiger partial charge is 0.0598 e. The third kappa shape index (κ3) is 1.75. The van der Waals surface area contributed by atoms with Crippen LogP contribution in [0, 0.1) is 17.8 Å². The van der Waals surface area contributed by atoms with Crippen LogP contribution < -0.4 is 5.32 Å². The number of thiophene rings is 1. The molecule has 2 N–H and O–H groups in total. The molecule has 98 valence electrons. The Kier molecular flexibility index (Phi) is 2.58. The van der Waals surface area contributed by atoms with Crippen molar-refractivity contribution in [1.29, 1.82) is 0 Å². The molecule has 0 spiro atoms. The lowest BCUT2D eigenvalue weighted by Crippen LogP contribution is -2.62. The average Bonchev–Trinajstić information content (AvgIpc) is 2.86. The third-order valence-electron chi connectivity index (χ3n) is 5.44. The van der Waals surface area contributed by atoms with Gasteiger partial charge in [-0.3, -0.25) is 0 Å². The molecule has 2 nitrogen and oxygen atoms in total. The van der Waals surface area contributed by atoms with E-state index in [0.29, 0.717) is 17.4 Å². The molecule has 1 heterocycles. The summed E-state index contributed by atoms with van der Waals surface area (Å²) in [4.78, 5) is 1.44. The van der Waals surface area contributed by atoms with Gasteiger partial charge in [-0.15, -0.1) is 11.3 Å². The van der Waals surface area contributed by atoms with Crippen LogP contribution >= 0.6 is 11.3 Å². The fraction of sp³-hybridized carbons (Fsp3) is 0.733. The van der Waals surface area contributed by atoms with E-state index in [0.717, 1.165) is 12.5 Å². The number of nitrogens with one attached hydrogen (secondary N) is 1. The molecule has 4 saturated carbocycles. The van der Waals surface area contributed by atoms with Crippen LogP contribution in [-0.4, -0.2) is 16.7 Å². The van der Waals surface area contributed by atoms with Crippen molar-refractivity contribution in [2.45, 2.75) is 50.3 Å². The van der Waals surface area contributed by atoms with Crippen molar-refractivity contribution in [1.82, 2.24) is 5.32 Å². The van der Waals surface area contributed by atoms with E-state index >= 15 is 0 Å². The molecule has 4 aliphatic carbocycles. The SMILES string of the molecule is OC1C2CC3CC1CC(NCc1cccs1)(C3)C2. The molecular weight excluding hydrogens is 242 g/mol. The van der Waals surface area contributed by atoms with Gasteiger partial charge in [-0.05, 0) is 61.3 Å². The van der Waals surface area contributed by atoms with E-state index in [9.17, 15) is 5.11 Å². The van der Waals surface area contributed by atoms with Crippen LogP contribution in [0.4, 0.5) is 0 Å². The first-order chi connectivity index (χ1) is 8.74. The van der Waals surface area contributed by atoms with Gasteiger partial charge in [-0.1, -0.05) is 6.07 Å². The molecule has 1 aromatic rings. The van der Waals surface area contributed by atoms with E-state index in [1.165, 1.54) is 37.0 Å². The Bertz CT molecular complexity index is 414. The van der Waals surface area contributed by atoms with Gasteiger partial charge in [0.2, 0.25) is 0 Å². The zero-order valence-corrected chi connectivity index (χ0v) is 11.5. The topological polar surface area (TPSA) is 32.3 Å². The second-order valence-electron chi connectivity index (χ2n) is 6.67. The lowest BCUT2D eigenvalue weighted by molar-refractivity contribution is -0.112. The summed E-state index contributed by atoms with van der Waals surface area (Å²) in [6, 6.07) is 4.35. The molecule has 0 amide bonds. The molecule has 0 aromatic carbocycles. The summed E-state index contributed by atoms with van der Waals surface area (Å²) in [6.07, 6.45) is 6.30. The van der Waals surface area contributed by atoms with Gasteiger partial charge < -0.3 is 10.4 Å². The van der Waals surface area contributed by atoms with Crippen molar-refractivity contribution in [3.63, 3.8) is 0 Å². The standard InChI is InChI=1S/C15H21NOS/c17-14-11-4-10-5-12(14)8-15(6-10,7-11)16-9-13-2-1-3-18-13/h1-3,10-12,14,16-17H,4-9H2. The molecule has 0 saturated heterocycles. The van der Waals surface area contributed by atoms with Crippen LogP contribution in [0.25, 0.3) is 0 Å². The Morgan fingerprint density at radius 3 is 2.72 bits per heavy atom. The second-order valence-corrected chi connectivity index (χ2v) is 7.71. The maximum atomic E-state index is 10.3. The fourth-order valence-electron chi connectivity index (χ4n) is 4.90. The average molecular weight is 263 g/mol. The Hall–Kier alpha value is -0.380.